The lowest BCUT2D eigenvalue weighted by atomic mass is 10.1. The summed E-state index contributed by atoms with van der Waals surface area (Å²) in [5.74, 6) is -2.45. The molecular formula is C18H17Cl2FN2O5S2. The molecule has 0 bridgehead atoms. The number of nitrogens with one attached hydrogen (secondary N) is 1. The Labute approximate surface area is 186 Å². The van der Waals surface area contributed by atoms with Crippen molar-refractivity contribution in [1.29, 1.82) is 0 Å². The number of carboxylic acid groups (broad SMARTS) is 1. The molecule has 7 nitrogen and oxygen atoms in total. The van der Waals surface area contributed by atoms with Crippen LogP contribution in [0.5, 0.6) is 0 Å². The molecule has 0 radical (unpaired) electrons. The van der Waals surface area contributed by atoms with E-state index in [4.69, 9.17) is 23.2 Å². The summed E-state index contributed by atoms with van der Waals surface area (Å²) in [4.78, 5) is 24.4. The summed E-state index contributed by atoms with van der Waals surface area (Å²) in [5, 5.41) is 12.0. The Balaban J connectivity index is 1.76. The van der Waals surface area contributed by atoms with E-state index in [0.717, 1.165) is 15.6 Å². The van der Waals surface area contributed by atoms with Crippen molar-refractivity contribution in [2.75, 3.05) is 6.54 Å². The number of aliphatic carboxylic acids is 1. The Morgan fingerprint density at radius 3 is 2.53 bits per heavy atom. The molecule has 162 valence electrons. The maximum atomic E-state index is 13.1. The highest BCUT2D eigenvalue weighted by Gasteiger charge is 2.41. The van der Waals surface area contributed by atoms with Gasteiger partial charge in [0.15, 0.2) is 0 Å². The molecule has 2 heterocycles. The van der Waals surface area contributed by atoms with Crippen LogP contribution in [0, 0.1) is 5.82 Å². The van der Waals surface area contributed by atoms with Crippen LogP contribution in [0.25, 0.3) is 0 Å². The van der Waals surface area contributed by atoms with Gasteiger partial charge in [0.05, 0.1) is 5.02 Å². The number of halogens is 3. The lowest BCUT2D eigenvalue weighted by molar-refractivity contribution is -0.142. The fraction of sp³-hybridized carbons (Fsp3) is 0.333. The van der Waals surface area contributed by atoms with Crippen molar-refractivity contribution in [3.8, 4) is 0 Å². The zero-order valence-electron chi connectivity index (χ0n) is 15.3. The van der Waals surface area contributed by atoms with Gasteiger partial charge in [-0.1, -0.05) is 35.3 Å². The Bertz CT molecular complexity index is 1040. The monoisotopic (exact) mass is 494 g/mol. The van der Waals surface area contributed by atoms with Gasteiger partial charge < -0.3 is 10.4 Å². The van der Waals surface area contributed by atoms with Crippen LogP contribution >= 0.6 is 34.5 Å². The zero-order valence-corrected chi connectivity index (χ0v) is 18.5. The zero-order chi connectivity index (χ0) is 22.1. The number of nitrogens with zero attached hydrogens (tertiary/aromatic N) is 1. The molecule has 0 aliphatic carbocycles. The van der Waals surface area contributed by atoms with Gasteiger partial charge >= 0.3 is 5.97 Å². The van der Waals surface area contributed by atoms with Crippen LogP contribution in [0.1, 0.15) is 18.4 Å². The highest BCUT2D eigenvalue weighted by atomic mass is 35.5. The topological polar surface area (TPSA) is 104 Å². The summed E-state index contributed by atoms with van der Waals surface area (Å²) in [7, 11) is -4.02. The molecule has 0 unspecified atom stereocenters. The molecule has 1 aromatic carbocycles. The fourth-order valence-corrected chi connectivity index (χ4v) is 6.85. The third kappa shape index (κ3) is 4.94. The minimum Gasteiger partial charge on any atom is -0.480 e. The molecule has 2 aromatic rings. The standard InChI is InChI=1S/C18H17Cl2FN2O5S2/c19-12-9-15(29-16(12)20)30(27,28)23-7-1-2-14(23)17(24)22-13(18(25)26)8-10-3-5-11(21)6-4-10/h3-6,9,13-14H,1-2,7-8H2,(H,22,24)(H,25,26)/t13-,14-/m0/s1. The van der Waals surface area contributed by atoms with Gasteiger partial charge in [0.2, 0.25) is 5.91 Å². The Morgan fingerprint density at radius 2 is 1.97 bits per heavy atom. The van der Waals surface area contributed by atoms with Crippen molar-refractivity contribution in [3.63, 3.8) is 0 Å². The van der Waals surface area contributed by atoms with Crippen LogP contribution in [0.15, 0.2) is 34.5 Å². The predicted octanol–water partition coefficient (Wildman–Crippen LogP) is 3.16. The second-order valence-corrected chi connectivity index (χ2v) is 10.9. The Hall–Kier alpha value is -1.72. The van der Waals surface area contributed by atoms with Crippen molar-refractivity contribution in [2.24, 2.45) is 0 Å². The van der Waals surface area contributed by atoms with Crippen LogP contribution < -0.4 is 5.32 Å². The van der Waals surface area contributed by atoms with Gasteiger partial charge in [0, 0.05) is 13.0 Å². The predicted molar refractivity (Wildman–Crippen MR) is 111 cm³/mol. The second kappa shape index (κ2) is 9.19. The summed E-state index contributed by atoms with van der Waals surface area (Å²) in [6, 6.07) is 4.12. The van der Waals surface area contributed by atoms with Gasteiger partial charge in [0.25, 0.3) is 10.0 Å². The molecule has 1 fully saturated rings. The fourth-order valence-electron chi connectivity index (χ4n) is 3.18. The average Bonchev–Trinajstić information content (AvgIpc) is 3.31. The third-order valence-corrected chi connectivity index (χ3v) is 8.88. The van der Waals surface area contributed by atoms with Crippen molar-refractivity contribution < 1.29 is 27.5 Å². The number of sulfonamides is 1. The number of hydrogen-bond donors (Lipinski definition) is 2. The summed E-state index contributed by atoms with van der Waals surface area (Å²) in [6.07, 6.45) is 0.623. The molecular weight excluding hydrogens is 478 g/mol. The SMILES string of the molecule is O=C(O)[C@H](Cc1ccc(F)cc1)NC(=O)[C@@H]1CCCN1S(=O)(=O)c1cc(Cl)c(Cl)s1. The quantitative estimate of drug-likeness (QED) is 0.615. The Kier molecular flexibility index (Phi) is 7.03. The summed E-state index contributed by atoms with van der Waals surface area (Å²) < 4.78 is 40.0. The number of carbonyl (C=O) groups is 2. The first kappa shape index (κ1) is 23.0. The van der Waals surface area contributed by atoms with Crippen LogP contribution in [0.3, 0.4) is 0 Å². The maximum absolute atomic E-state index is 13.1. The highest BCUT2D eigenvalue weighted by molar-refractivity contribution is 7.91. The highest BCUT2D eigenvalue weighted by Crippen LogP contribution is 2.37. The number of carboxylic acids is 1. The van der Waals surface area contributed by atoms with Crippen molar-refractivity contribution in [1.82, 2.24) is 9.62 Å². The molecule has 30 heavy (non-hydrogen) atoms. The van der Waals surface area contributed by atoms with Crippen molar-refractivity contribution in [3.05, 3.63) is 51.1 Å². The molecule has 0 saturated carbocycles. The summed E-state index contributed by atoms with van der Waals surface area (Å²) >= 11 is 12.5. The van der Waals surface area contributed by atoms with Gasteiger partial charge in [-0.3, -0.25) is 4.79 Å². The van der Waals surface area contributed by atoms with Crippen molar-refractivity contribution >= 4 is 56.4 Å². The van der Waals surface area contributed by atoms with E-state index in [2.05, 4.69) is 5.32 Å². The van der Waals surface area contributed by atoms with E-state index in [-0.39, 0.29) is 33.0 Å². The lowest BCUT2D eigenvalue weighted by Gasteiger charge is -2.24. The normalized spacial score (nSPS) is 18.3. The van der Waals surface area contributed by atoms with Crippen LogP contribution in [0.4, 0.5) is 4.39 Å². The number of thiophene rings is 1. The van der Waals surface area contributed by atoms with E-state index in [9.17, 15) is 27.5 Å². The molecule has 2 atom stereocenters. The van der Waals surface area contributed by atoms with Gasteiger partial charge in [-0.05, 0) is 36.6 Å². The van der Waals surface area contributed by atoms with E-state index in [1.165, 1.54) is 30.3 Å². The largest absolute Gasteiger partial charge is 0.480 e. The van der Waals surface area contributed by atoms with Gasteiger partial charge in [-0.25, -0.2) is 17.6 Å². The molecule has 1 aliphatic heterocycles. The third-order valence-electron chi connectivity index (χ3n) is 4.66. The molecule has 3 rings (SSSR count). The van der Waals surface area contributed by atoms with Crippen molar-refractivity contribution in [2.45, 2.75) is 35.6 Å². The molecule has 1 aliphatic rings. The Morgan fingerprint density at radius 1 is 1.30 bits per heavy atom. The molecule has 12 heteroatoms. The molecule has 1 amide bonds. The first-order valence-corrected chi connectivity index (χ1v) is 11.8. The first-order chi connectivity index (χ1) is 14.1. The number of amides is 1. The van der Waals surface area contributed by atoms with Crippen LogP contribution in [-0.4, -0.2) is 48.3 Å². The number of carbonyl (C=O) groups excluding carboxylic acids is 1. The van der Waals surface area contributed by atoms with Crippen LogP contribution in [-0.2, 0) is 26.0 Å². The van der Waals surface area contributed by atoms with E-state index >= 15 is 0 Å². The van der Waals surface area contributed by atoms with Gasteiger partial charge in [-0.2, -0.15) is 4.31 Å². The number of hydrogen-bond acceptors (Lipinski definition) is 5. The number of rotatable bonds is 7. The van der Waals surface area contributed by atoms with E-state index in [1.807, 2.05) is 0 Å². The minimum absolute atomic E-state index is 0.0725. The molecule has 1 saturated heterocycles. The first-order valence-electron chi connectivity index (χ1n) is 8.84. The average molecular weight is 495 g/mol. The molecule has 0 spiro atoms. The smallest absolute Gasteiger partial charge is 0.326 e. The minimum atomic E-state index is -4.02. The molecule has 1 aromatic heterocycles. The van der Waals surface area contributed by atoms with Crippen LogP contribution in [0.2, 0.25) is 9.36 Å². The second-order valence-electron chi connectivity index (χ2n) is 6.69. The maximum Gasteiger partial charge on any atom is 0.326 e. The van der Waals surface area contributed by atoms with Gasteiger partial charge in [0.1, 0.15) is 26.4 Å². The lowest BCUT2D eigenvalue weighted by Crippen LogP contribution is -2.51. The summed E-state index contributed by atoms with van der Waals surface area (Å²) in [6.45, 7) is 0.114. The van der Waals surface area contributed by atoms with E-state index in [1.54, 1.807) is 0 Å². The van der Waals surface area contributed by atoms with E-state index in [0.29, 0.717) is 12.0 Å². The summed E-state index contributed by atoms with van der Waals surface area (Å²) in [5.41, 5.74) is 0.517. The number of benzene rings is 1. The van der Waals surface area contributed by atoms with Gasteiger partial charge in [-0.15, -0.1) is 11.3 Å². The molecule has 2 N–H and O–H groups in total. The van der Waals surface area contributed by atoms with E-state index < -0.39 is 39.8 Å².